The Kier molecular flexibility index (Phi) is 10.1. The van der Waals surface area contributed by atoms with Crippen LogP contribution in [0, 0.1) is 13.8 Å². The number of nitrogens with one attached hydrogen (secondary N) is 1. The van der Waals surface area contributed by atoms with Crippen LogP contribution in [0.25, 0.3) is 0 Å². The first-order valence-electron chi connectivity index (χ1n) is 12.9. The lowest BCUT2D eigenvalue weighted by Crippen LogP contribution is -2.51. The Balaban J connectivity index is 2.02. The fourth-order valence-electron chi connectivity index (χ4n) is 4.06. The molecule has 0 heterocycles. The monoisotopic (exact) mass is 551 g/mol. The van der Waals surface area contributed by atoms with E-state index < -0.39 is 28.5 Å². The van der Waals surface area contributed by atoms with Crippen molar-refractivity contribution in [3.63, 3.8) is 0 Å². The Hall–Kier alpha value is -3.85. The zero-order valence-corrected chi connectivity index (χ0v) is 24.0. The molecular formula is C30H37N3O5S. The molecule has 1 N–H and O–H groups in total. The topological polar surface area (TPSA) is 96.0 Å². The smallest absolute Gasteiger partial charge is 0.264 e. The third kappa shape index (κ3) is 7.38. The number of hydrogen-bond donors (Lipinski definition) is 1. The largest absolute Gasteiger partial charge is 0.497 e. The van der Waals surface area contributed by atoms with E-state index in [1.165, 1.54) is 24.1 Å². The van der Waals surface area contributed by atoms with Crippen molar-refractivity contribution in [1.29, 1.82) is 0 Å². The summed E-state index contributed by atoms with van der Waals surface area (Å²) in [5.74, 6) is -0.267. The second kappa shape index (κ2) is 13.3. The number of ether oxygens (including phenoxy) is 1. The highest BCUT2D eigenvalue weighted by molar-refractivity contribution is 7.92. The standard InChI is InChI=1S/C30H37N3O5S/c1-6-19-31-30(35)24(4)32(20-25-10-8-7-9-23(25)3)29(34)21-33(26-13-11-22(2)12-14-26)39(36,37)28-17-15-27(38-5)16-18-28/h7-18,24H,6,19-21H2,1-5H3,(H,31,35). The van der Waals surface area contributed by atoms with Crippen molar-refractivity contribution in [3.05, 3.63) is 89.5 Å². The summed E-state index contributed by atoms with van der Waals surface area (Å²) >= 11 is 0. The summed E-state index contributed by atoms with van der Waals surface area (Å²) in [6.07, 6.45) is 0.755. The number of carbonyl (C=O) groups is 2. The lowest BCUT2D eigenvalue weighted by molar-refractivity contribution is -0.139. The molecule has 208 valence electrons. The lowest BCUT2D eigenvalue weighted by Gasteiger charge is -2.32. The van der Waals surface area contributed by atoms with Gasteiger partial charge < -0.3 is 15.0 Å². The van der Waals surface area contributed by atoms with Gasteiger partial charge in [0.1, 0.15) is 18.3 Å². The normalized spacial score (nSPS) is 11.9. The second-order valence-electron chi connectivity index (χ2n) is 9.44. The fourth-order valence-corrected chi connectivity index (χ4v) is 5.48. The average Bonchev–Trinajstić information content (AvgIpc) is 2.94. The molecule has 1 unspecified atom stereocenters. The molecule has 0 aromatic heterocycles. The number of anilines is 1. The third-order valence-corrected chi connectivity index (χ3v) is 8.35. The van der Waals surface area contributed by atoms with Crippen molar-refractivity contribution in [2.75, 3.05) is 24.5 Å². The van der Waals surface area contributed by atoms with Crippen molar-refractivity contribution in [2.45, 2.75) is 51.6 Å². The first kappa shape index (κ1) is 29.7. The van der Waals surface area contributed by atoms with Crippen LogP contribution >= 0.6 is 0 Å². The number of benzene rings is 3. The summed E-state index contributed by atoms with van der Waals surface area (Å²) in [7, 11) is -2.63. The molecule has 8 nitrogen and oxygen atoms in total. The van der Waals surface area contributed by atoms with Gasteiger partial charge >= 0.3 is 0 Å². The number of hydrogen-bond acceptors (Lipinski definition) is 5. The number of amides is 2. The molecule has 39 heavy (non-hydrogen) atoms. The molecule has 3 aromatic carbocycles. The van der Waals surface area contributed by atoms with E-state index in [2.05, 4.69) is 5.32 Å². The molecule has 1 atom stereocenters. The molecule has 0 saturated heterocycles. The van der Waals surface area contributed by atoms with Crippen molar-refractivity contribution < 1.29 is 22.7 Å². The first-order chi connectivity index (χ1) is 18.6. The first-order valence-corrected chi connectivity index (χ1v) is 14.4. The predicted molar refractivity (Wildman–Crippen MR) is 153 cm³/mol. The van der Waals surface area contributed by atoms with Crippen LogP contribution in [0.1, 0.15) is 37.0 Å². The highest BCUT2D eigenvalue weighted by atomic mass is 32.2. The van der Waals surface area contributed by atoms with Gasteiger partial charge in [-0.15, -0.1) is 0 Å². The number of nitrogens with zero attached hydrogens (tertiary/aromatic N) is 2. The summed E-state index contributed by atoms with van der Waals surface area (Å²) in [6, 6.07) is 19.8. The van der Waals surface area contributed by atoms with E-state index in [0.717, 1.165) is 27.4 Å². The Morgan fingerprint density at radius 1 is 0.949 bits per heavy atom. The van der Waals surface area contributed by atoms with Gasteiger partial charge in [-0.3, -0.25) is 13.9 Å². The van der Waals surface area contributed by atoms with Crippen LogP contribution < -0.4 is 14.4 Å². The Bertz CT molecular complexity index is 1370. The fraction of sp³-hybridized carbons (Fsp3) is 0.333. The van der Waals surface area contributed by atoms with Gasteiger partial charge in [0.25, 0.3) is 10.0 Å². The molecule has 0 bridgehead atoms. The van der Waals surface area contributed by atoms with Gasteiger partial charge in [-0.05, 0) is 74.7 Å². The van der Waals surface area contributed by atoms with Gasteiger partial charge in [0.2, 0.25) is 11.8 Å². The molecule has 3 rings (SSSR count). The van der Waals surface area contributed by atoms with Crippen LogP contribution in [0.15, 0.2) is 77.7 Å². The maximum Gasteiger partial charge on any atom is 0.264 e. The van der Waals surface area contributed by atoms with Crippen LogP contribution in [0.4, 0.5) is 5.69 Å². The number of carbonyl (C=O) groups excluding carboxylic acids is 2. The van der Waals surface area contributed by atoms with E-state index in [0.29, 0.717) is 18.0 Å². The Morgan fingerprint density at radius 2 is 1.59 bits per heavy atom. The lowest BCUT2D eigenvalue weighted by atomic mass is 10.1. The van der Waals surface area contributed by atoms with Gasteiger partial charge in [0, 0.05) is 13.1 Å². The van der Waals surface area contributed by atoms with Gasteiger partial charge in [-0.2, -0.15) is 0 Å². The minimum absolute atomic E-state index is 0.0240. The van der Waals surface area contributed by atoms with Gasteiger partial charge in [-0.1, -0.05) is 48.9 Å². The molecule has 0 spiro atoms. The van der Waals surface area contributed by atoms with Crippen LogP contribution in [-0.4, -0.2) is 51.4 Å². The highest BCUT2D eigenvalue weighted by Gasteiger charge is 2.32. The SMILES string of the molecule is CCCNC(=O)C(C)N(Cc1ccccc1C)C(=O)CN(c1ccc(C)cc1)S(=O)(=O)c1ccc(OC)cc1. The average molecular weight is 552 g/mol. The van der Waals surface area contributed by atoms with E-state index in [1.807, 2.05) is 45.0 Å². The summed E-state index contributed by atoms with van der Waals surface area (Å²) in [6.45, 7) is 7.62. The van der Waals surface area contributed by atoms with Crippen LogP contribution in [-0.2, 0) is 26.2 Å². The molecule has 0 aliphatic heterocycles. The quantitative estimate of drug-likeness (QED) is 0.359. The van der Waals surface area contributed by atoms with Crippen LogP contribution in [0.5, 0.6) is 5.75 Å². The number of aryl methyl sites for hydroxylation is 2. The van der Waals surface area contributed by atoms with Gasteiger partial charge in [0.15, 0.2) is 0 Å². The van der Waals surface area contributed by atoms with Crippen molar-refractivity contribution >= 4 is 27.5 Å². The summed E-state index contributed by atoms with van der Waals surface area (Å²) in [5, 5.41) is 2.85. The molecule has 0 saturated carbocycles. The molecule has 2 amide bonds. The molecule has 0 aliphatic rings. The Morgan fingerprint density at radius 3 is 2.18 bits per heavy atom. The van der Waals surface area contributed by atoms with Crippen LogP contribution in [0.2, 0.25) is 0 Å². The van der Waals surface area contributed by atoms with Crippen molar-refractivity contribution in [3.8, 4) is 5.75 Å². The molecule has 9 heteroatoms. The number of methoxy groups -OCH3 is 1. The predicted octanol–water partition coefficient (Wildman–Crippen LogP) is 4.45. The summed E-state index contributed by atoms with van der Waals surface area (Å²) < 4.78 is 34.0. The second-order valence-corrected chi connectivity index (χ2v) is 11.3. The molecule has 0 radical (unpaired) electrons. The van der Waals surface area contributed by atoms with E-state index in [4.69, 9.17) is 4.74 Å². The van der Waals surface area contributed by atoms with E-state index in [-0.39, 0.29) is 17.3 Å². The molecule has 0 aliphatic carbocycles. The maximum atomic E-state index is 13.9. The van der Waals surface area contributed by atoms with E-state index >= 15 is 0 Å². The minimum Gasteiger partial charge on any atom is -0.497 e. The summed E-state index contributed by atoms with van der Waals surface area (Å²) in [4.78, 5) is 28.3. The maximum absolute atomic E-state index is 13.9. The third-order valence-electron chi connectivity index (χ3n) is 6.57. The zero-order valence-electron chi connectivity index (χ0n) is 23.2. The molecule has 0 fully saturated rings. The number of sulfonamides is 1. The van der Waals surface area contributed by atoms with Crippen molar-refractivity contribution in [2.24, 2.45) is 0 Å². The summed E-state index contributed by atoms with van der Waals surface area (Å²) in [5.41, 5.74) is 3.15. The van der Waals surface area contributed by atoms with Crippen LogP contribution in [0.3, 0.4) is 0 Å². The zero-order chi connectivity index (χ0) is 28.6. The molecule has 3 aromatic rings. The minimum atomic E-state index is -4.13. The van der Waals surface area contributed by atoms with E-state index in [1.54, 1.807) is 43.3 Å². The van der Waals surface area contributed by atoms with Crippen molar-refractivity contribution in [1.82, 2.24) is 10.2 Å². The Labute approximate surface area is 231 Å². The van der Waals surface area contributed by atoms with Gasteiger partial charge in [-0.25, -0.2) is 8.42 Å². The van der Waals surface area contributed by atoms with E-state index in [9.17, 15) is 18.0 Å². The number of rotatable bonds is 12. The van der Waals surface area contributed by atoms with Gasteiger partial charge in [0.05, 0.1) is 17.7 Å². The highest BCUT2D eigenvalue weighted by Crippen LogP contribution is 2.26. The molecular weight excluding hydrogens is 514 g/mol.